The first-order valence-electron chi connectivity index (χ1n) is 7.61. The Hall–Kier alpha value is -2.43. The summed E-state index contributed by atoms with van der Waals surface area (Å²) in [4.78, 5) is 11.1. The van der Waals surface area contributed by atoms with Crippen molar-refractivity contribution in [2.24, 2.45) is 0 Å². The fourth-order valence-corrected chi connectivity index (χ4v) is 4.23. The van der Waals surface area contributed by atoms with E-state index < -0.39 is 25.8 Å². The van der Waals surface area contributed by atoms with E-state index in [0.717, 1.165) is 0 Å². The Morgan fingerprint density at radius 3 is 2.23 bits per heavy atom. The highest BCUT2D eigenvalue weighted by molar-refractivity contribution is 7.92. The monoisotopic (exact) mass is 397 g/mol. The summed E-state index contributed by atoms with van der Waals surface area (Å²) in [7, 11) is -7.54. The highest BCUT2D eigenvalue weighted by Gasteiger charge is 2.16. The van der Waals surface area contributed by atoms with Crippen molar-refractivity contribution in [3.05, 3.63) is 54.6 Å². The number of hydrogen-bond acceptors (Lipinski definition) is 5. The summed E-state index contributed by atoms with van der Waals surface area (Å²) >= 11 is 0. The smallest absolute Gasteiger partial charge is 0.240 e. The van der Waals surface area contributed by atoms with Crippen molar-refractivity contribution in [3.63, 3.8) is 0 Å². The van der Waals surface area contributed by atoms with Gasteiger partial charge in [0.2, 0.25) is 26.0 Å². The van der Waals surface area contributed by atoms with Crippen LogP contribution in [0.25, 0.3) is 0 Å². The standard InChI is InChI=1S/C16H19N3O5S2/c1-13(20)18-14-6-5-7-15(12-14)19-25(21,22)11-10-17-26(23,24)16-8-3-2-4-9-16/h2-9,12,17,19H,10-11H2,1H3,(H,18,20). The van der Waals surface area contributed by atoms with Crippen molar-refractivity contribution in [1.82, 2.24) is 4.72 Å². The maximum atomic E-state index is 12.1. The first kappa shape index (κ1) is 19.9. The third kappa shape index (κ3) is 6.14. The average molecular weight is 397 g/mol. The Morgan fingerprint density at radius 1 is 0.923 bits per heavy atom. The van der Waals surface area contributed by atoms with E-state index in [-0.39, 0.29) is 23.0 Å². The molecule has 3 N–H and O–H groups in total. The van der Waals surface area contributed by atoms with Gasteiger partial charge in [-0.15, -0.1) is 0 Å². The minimum absolute atomic E-state index is 0.0633. The van der Waals surface area contributed by atoms with Crippen molar-refractivity contribution in [2.75, 3.05) is 22.3 Å². The minimum Gasteiger partial charge on any atom is -0.326 e. The molecule has 0 saturated heterocycles. The quantitative estimate of drug-likeness (QED) is 0.621. The van der Waals surface area contributed by atoms with Gasteiger partial charge >= 0.3 is 0 Å². The molecule has 1 amide bonds. The van der Waals surface area contributed by atoms with E-state index in [2.05, 4.69) is 14.8 Å². The number of carbonyl (C=O) groups is 1. The number of benzene rings is 2. The summed E-state index contributed by atoms with van der Waals surface area (Å²) in [5, 5.41) is 2.55. The van der Waals surface area contributed by atoms with Crippen molar-refractivity contribution in [2.45, 2.75) is 11.8 Å². The molecule has 0 atom stereocenters. The number of nitrogens with one attached hydrogen (secondary N) is 3. The molecule has 0 saturated carbocycles. The second kappa shape index (κ2) is 8.30. The Bertz CT molecular complexity index is 974. The van der Waals surface area contributed by atoms with E-state index in [0.29, 0.717) is 5.69 Å². The van der Waals surface area contributed by atoms with Crippen molar-refractivity contribution in [1.29, 1.82) is 0 Å². The van der Waals surface area contributed by atoms with Crippen LogP contribution in [0.1, 0.15) is 6.92 Å². The molecule has 10 heteroatoms. The van der Waals surface area contributed by atoms with Crippen LogP contribution in [0.2, 0.25) is 0 Å². The lowest BCUT2D eigenvalue weighted by atomic mass is 10.3. The van der Waals surface area contributed by atoms with Gasteiger partial charge in [0.1, 0.15) is 0 Å². The molecule has 0 heterocycles. The number of sulfonamides is 2. The Kier molecular flexibility index (Phi) is 6.35. The zero-order chi connectivity index (χ0) is 19.2. The van der Waals surface area contributed by atoms with Crippen LogP contribution in [-0.4, -0.2) is 35.0 Å². The van der Waals surface area contributed by atoms with Gasteiger partial charge in [-0.05, 0) is 30.3 Å². The van der Waals surface area contributed by atoms with E-state index >= 15 is 0 Å². The topological polar surface area (TPSA) is 121 Å². The average Bonchev–Trinajstić information content (AvgIpc) is 2.54. The zero-order valence-corrected chi connectivity index (χ0v) is 15.6. The lowest BCUT2D eigenvalue weighted by molar-refractivity contribution is -0.114. The number of hydrogen-bond donors (Lipinski definition) is 3. The van der Waals surface area contributed by atoms with Gasteiger partial charge in [-0.2, -0.15) is 0 Å². The first-order chi connectivity index (χ1) is 12.2. The molecule has 140 valence electrons. The molecular weight excluding hydrogens is 378 g/mol. The van der Waals surface area contributed by atoms with Crippen molar-refractivity contribution < 1.29 is 21.6 Å². The van der Waals surface area contributed by atoms with Gasteiger partial charge in [0.25, 0.3) is 0 Å². The molecule has 0 bridgehead atoms. The SMILES string of the molecule is CC(=O)Nc1cccc(NS(=O)(=O)CCNS(=O)(=O)c2ccccc2)c1. The molecule has 26 heavy (non-hydrogen) atoms. The fraction of sp³-hybridized carbons (Fsp3) is 0.188. The second-order valence-corrected chi connectivity index (χ2v) is 9.00. The molecule has 0 aliphatic heterocycles. The number of carbonyl (C=O) groups excluding carboxylic acids is 1. The van der Waals surface area contributed by atoms with Gasteiger partial charge in [-0.1, -0.05) is 24.3 Å². The minimum atomic E-state index is -3.77. The van der Waals surface area contributed by atoms with Gasteiger partial charge in [0.15, 0.2) is 0 Å². The summed E-state index contributed by atoms with van der Waals surface area (Å²) < 4.78 is 53.0. The van der Waals surface area contributed by atoms with Gasteiger partial charge in [0.05, 0.1) is 16.3 Å². The number of rotatable bonds is 8. The number of amides is 1. The molecule has 0 unspecified atom stereocenters. The fourth-order valence-electron chi connectivity index (χ4n) is 2.09. The molecule has 8 nitrogen and oxygen atoms in total. The highest BCUT2D eigenvalue weighted by atomic mass is 32.2. The maximum Gasteiger partial charge on any atom is 0.240 e. The van der Waals surface area contributed by atoms with Crippen LogP contribution in [0, 0.1) is 0 Å². The molecule has 2 aromatic rings. The highest BCUT2D eigenvalue weighted by Crippen LogP contribution is 2.16. The molecule has 0 aliphatic carbocycles. The molecule has 0 aromatic heterocycles. The second-order valence-electron chi connectivity index (χ2n) is 5.39. The molecular formula is C16H19N3O5S2. The molecule has 0 spiro atoms. The normalized spacial score (nSPS) is 11.7. The van der Waals surface area contributed by atoms with Crippen LogP contribution in [0.4, 0.5) is 11.4 Å². The van der Waals surface area contributed by atoms with Crippen LogP contribution >= 0.6 is 0 Å². The van der Waals surface area contributed by atoms with E-state index in [1.807, 2.05) is 0 Å². The molecule has 0 radical (unpaired) electrons. The van der Waals surface area contributed by atoms with Gasteiger partial charge in [-0.3, -0.25) is 9.52 Å². The third-order valence-electron chi connectivity index (χ3n) is 3.17. The summed E-state index contributed by atoms with van der Waals surface area (Å²) in [5.41, 5.74) is 0.713. The summed E-state index contributed by atoms with van der Waals surface area (Å²) in [5.74, 6) is -0.719. The zero-order valence-electron chi connectivity index (χ0n) is 14.0. The predicted octanol–water partition coefficient (Wildman–Crippen LogP) is 1.37. The van der Waals surface area contributed by atoms with E-state index in [9.17, 15) is 21.6 Å². The van der Waals surface area contributed by atoms with Gasteiger partial charge in [-0.25, -0.2) is 21.6 Å². The maximum absolute atomic E-state index is 12.1. The van der Waals surface area contributed by atoms with Crippen LogP contribution < -0.4 is 14.8 Å². The van der Waals surface area contributed by atoms with Gasteiger partial charge in [0, 0.05) is 19.2 Å². The summed E-state index contributed by atoms with van der Waals surface area (Å²) in [6.07, 6.45) is 0. The van der Waals surface area contributed by atoms with Crippen LogP contribution in [-0.2, 0) is 24.8 Å². The lowest BCUT2D eigenvalue weighted by Crippen LogP contribution is -2.31. The van der Waals surface area contributed by atoms with Crippen LogP contribution in [0.5, 0.6) is 0 Å². The molecule has 0 aliphatic rings. The lowest BCUT2D eigenvalue weighted by Gasteiger charge is -2.10. The van der Waals surface area contributed by atoms with E-state index in [1.165, 1.54) is 31.2 Å². The Balaban J connectivity index is 1.96. The number of anilines is 2. The van der Waals surface area contributed by atoms with Crippen molar-refractivity contribution in [3.8, 4) is 0 Å². The van der Waals surface area contributed by atoms with Crippen molar-refractivity contribution >= 4 is 37.3 Å². The summed E-state index contributed by atoms with van der Waals surface area (Å²) in [6, 6.07) is 13.9. The van der Waals surface area contributed by atoms with E-state index in [1.54, 1.807) is 30.3 Å². The van der Waals surface area contributed by atoms with Gasteiger partial charge < -0.3 is 5.32 Å². The largest absolute Gasteiger partial charge is 0.326 e. The molecule has 0 fully saturated rings. The Labute approximate surface area is 152 Å². The Morgan fingerprint density at radius 2 is 1.58 bits per heavy atom. The summed E-state index contributed by atoms with van der Waals surface area (Å²) in [6.45, 7) is 1.06. The van der Waals surface area contributed by atoms with Crippen LogP contribution in [0.15, 0.2) is 59.5 Å². The predicted molar refractivity (Wildman–Crippen MR) is 99.8 cm³/mol. The molecule has 2 aromatic carbocycles. The molecule has 2 rings (SSSR count). The third-order valence-corrected chi connectivity index (χ3v) is 5.94. The first-order valence-corrected chi connectivity index (χ1v) is 10.7. The van der Waals surface area contributed by atoms with E-state index in [4.69, 9.17) is 0 Å². The van der Waals surface area contributed by atoms with Crippen LogP contribution in [0.3, 0.4) is 0 Å².